The first kappa shape index (κ1) is 48.4. The topological polar surface area (TPSA) is 144 Å². The smallest absolute Gasteiger partial charge is 0.410 e. The van der Waals surface area contributed by atoms with E-state index in [1.165, 1.54) is 31.6 Å². The summed E-state index contributed by atoms with van der Waals surface area (Å²) in [6, 6.07) is 29.6. The van der Waals surface area contributed by atoms with E-state index in [1.807, 2.05) is 95.0 Å². The largest absolute Gasteiger partial charge is 0.481 e. The number of hydrogen-bond donors (Lipinski definition) is 3. The fourth-order valence-electron chi connectivity index (χ4n) is 6.16. The number of ether oxygens (including phenoxy) is 2. The molecule has 3 aromatic rings. The second-order valence-corrected chi connectivity index (χ2v) is 16.6. The van der Waals surface area contributed by atoms with Gasteiger partial charge in [-0.15, -0.1) is 0 Å². The fraction of sp³-hybridized carbons (Fsp3) is 0.522. The third-order valence-corrected chi connectivity index (χ3v) is 9.22. The van der Waals surface area contributed by atoms with Gasteiger partial charge in [0, 0.05) is 85.1 Å². The predicted molar refractivity (Wildman–Crippen MR) is 232 cm³/mol. The first-order valence-corrected chi connectivity index (χ1v) is 20.8. The molecule has 0 radical (unpaired) electrons. The number of benzene rings is 3. The third kappa shape index (κ3) is 21.6. The highest BCUT2D eigenvalue weighted by atomic mass is 16.6. The van der Waals surface area contributed by atoms with Crippen molar-refractivity contribution in [3.05, 3.63) is 108 Å². The van der Waals surface area contributed by atoms with Crippen LogP contribution in [0.5, 0.6) is 0 Å². The van der Waals surface area contributed by atoms with Gasteiger partial charge < -0.3 is 44.8 Å². The molecule has 0 aromatic heterocycles. The number of carboxylic acids is 1. The highest BCUT2D eigenvalue weighted by Crippen LogP contribution is 2.13. The molecule has 0 unspecified atom stereocenters. The number of piperazine rings is 3. The summed E-state index contributed by atoms with van der Waals surface area (Å²) in [6.45, 7) is 22.5. The molecule has 13 nitrogen and oxygen atoms in total. The van der Waals surface area contributed by atoms with Crippen LogP contribution in [0.15, 0.2) is 91.0 Å². The molecule has 59 heavy (non-hydrogen) atoms. The lowest BCUT2D eigenvalue weighted by Gasteiger charge is -2.35. The van der Waals surface area contributed by atoms with E-state index >= 15 is 0 Å². The Hall–Kier alpha value is -4.98. The SMILES string of the molecule is CC(C)(C)OC(=O)N1CCN(C(=O)Cc2ccccc2)CC1.CC(C)(C)OC(=O)N1CCNCC1.O=C(O)Cc1ccccc1.c1ccc(CCN2CCNCC2)cc1. The summed E-state index contributed by atoms with van der Waals surface area (Å²) in [5, 5.41) is 14.9. The number of nitrogens with one attached hydrogen (secondary N) is 2. The Morgan fingerprint density at radius 3 is 1.32 bits per heavy atom. The van der Waals surface area contributed by atoms with Crippen molar-refractivity contribution in [2.75, 3.05) is 85.1 Å². The number of hydrogen-bond acceptors (Lipinski definition) is 9. The van der Waals surface area contributed by atoms with E-state index in [-0.39, 0.29) is 30.1 Å². The van der Waals surface area contributed by atoms with Crippen molar-refractivity contribution in [2.45, 2.75) is 72.0 Å². The van der Waals surface area contributed by atoms with Crippen molar-refractivity contribution < 1.29 is 33.8 Å². The number of carbonyl (C=O) groups is 4. The second kappa shape index (κ2) is 25.5. The van der Waals surface area contributed by atoms with Crippen LogP contribution >= 0.6 is 0 Å². The lowest BCUT2D eigenvalue weighted by atomic mass is 10.1. The highest BCUT2D eigenvalue weighted by Gasteiger charge is 2.28. The maximum atomic E-state index is 12.3. The maximum absolute atomic E-state index is 12.3. The fourth-order valence-corrected chi connectivity index (χ4v) is 6.16. The van der Waals surface area contributed by atoms with Crippen LogP contribution in [0.1, 0.15) is 58.2 Å². The Kier molecular flexibility index (Phi) is 20.9. The Morgan fingerprint density at radius 2 is 0.898 bits per heavy atom. The first-order valence-electron chi connectivity index (χ1n) is 20.8. The Labute approximate surface area is 352 Å². The van der Waals surface area contributed by atoms with Crippen molar-refractivity contribution in [1.82, 2.24) is 30.2 Å². The normalized spacial score (nSPS) is 15.8. The van der Waals surface area contributed by atoms with E-state index in [9.17, 15) is 19.2 Å². The molecule has 3 N–H and O–H groups in total. The van der Waals surface area contributed by atoms with Crippen molar-refractivity contribution in [1.29, 1.82) is 0 Å². The van der Waals surface area contributed by atoms with Gasteiger partial charge in [0.15, 0.2) is 0 Å². The van der Waals surface area contributed by atoms with Gasteiger partial charge in [-0.2, -0.15) is 0 Å². The molecule has 3 aliphatic rings. The van der Waals surface area contributed by atoms with E-state index in [0.29, 0.717) is 32.6 Å². The van der Waals surface area contributed by atoms with Crippen LogP contribution in [0.2, 0.25) is 0 Å². The van der Waals surface area contributed by atoms with Crippen LogP contribution in [0.4, 0.5) is 9.59 Å². The molecule has 324 valence electrons. The van der Waals surface area contributed by atoms with Gasteiger partial charge in [-0.1, -0.05) is 91.0 Å². The average Bonchev–Trinajstić information content (AvgIpc) is 3.21. The van der Waals surface area contributed by atoms with Gasteiger partial charge in [0.2, 0.25) is 5.91 Å². The maximum Gasteiger partial charge on any atom is 0.410 e. The van der Waals surface area contributed by atoms with E-state index in [1.54, 1.807) is 21.9 Å². The standard InChI is InChI=1S/C17H24N2O3.C12H18N2.C9H18N2O2.C8H8O2/c1-17(2,3)22-16(21)19-11-9-18(10-12-19)15(20)13-14-7-5-4-6-8-14;1-2-4-12(5-3-1)6-9-14-10-7-13-8-11-14;1-9(2,3)13-8(12)11-6-4-10-5-7-11;9-8(10)6-7-4-2-1-3-5-7/h4-8H,9-13H2,1-3H3;1-5,13H,6-11H2;10H,4-7H2,1-3H3;1-5H,6H2,(H,9,10). The second-order valence-electron chi connectivity index (χ2n) is 16.6. The number of carboxylic acid groups (broad SMARTS) is 1. The van der Waals surface area contributed by atoms with E-state index in [0.717, 1.165) is 50.4 Å². The van der Waals surface area contributed by atoms with Gasteiger partial charge in [-0.05, 0) is 64.7 Å². The van der Waals surface area contributed by atoms with Crippen LogP contribution in [0.3, 0.4) is 0 Å². The summed E-state index contributed by atoms with van der Waals surface area (Å²) in [7, 11) is 0. The average molecular weight is 817 g/mol. The van der Waals surface area contributed by atoms with Gasteiger partial charge in [0.1, 0.15) is 11.2 Å². The third-order valence-electron chi connectivity index (χ3n) is 9.22. The molecule has 3 aliphatic heterocycles. The first-order chi connectivity index (χ1) is 28.1. The van der Waals surface area contributed by atoms with Crippen LogP contribution in [0.25, 0.3) is 0 Å². The zero-order chi connectivity index (χ0) is 43.1. The van der Waals surface area contributed by atoms with Crippen molar-refractivity contribution >= 4 is 24.1 Å². The molecular formula is C46H68N6O7. The number of nitrogens with zero attached hydrogens (tertiary/aromatic N) is 4. The van der Waals surface area contributed by atoms with E-state index in [4.69, 9.17) is 14.6 Å². The zero-order valence-corrected chi connectivity index (χ0v) is 36.2. The van der Waals surface area contributed by atoms with Crippen molar-refractivity contribution in [2.24, 2.45) is 0 Å². The monoisotopic (exact) mass is 817 g/mol. The summed E-state index contributed by atoms with van der Waals surface area (Å²) >= 11 is 0. The quantitative estimate of drug-likeness (QED) is 0.277. The van der Waals surface area contributed by atoms with Crippen LogP contribution in [-0.4, -0.2) is 145 Å². The number of amides is 3. The van der Waals surface area contributed by atoms with Crippen LogP contribution < -0.4 is 10.6 Å². The molecule has 3 heterocycles. The van der Waals surface area contributed by atoms with Crippen molar-refractivity contribution in [3.8, 4) is 0 Å². The molecule has 3 fully saturated rings. The molecule has 0 atom stereocenters. The van der Waals surface area contributed by atoms with Crippen molar-refractivity contribution in [3.63, 3.8) is 0 Å². The summed E-state index contributed by atoms with van der Waals surface area (Å²) < 4.78 is 10.6. The Balaban J connectivity index is 0.000000220. The minimum atomic E-state index is -0.786. The van der Waals surface area contributed by atoms with Gasteiger partial charge in [-0.3, -0.25) is 9.59 Å². The Morgan fingerprint density at radius 1 is 0.525 bits per heavy atom. The minimum absolute atomic E-state index is 0.107. The molecule has 0 saturated carbocycles. The molecule has 0 aliphatic carbocycles. The number of carbonyl (C=O) groups excluding carboxylic acids is 3. The lowest BCUT2D eigenvalue weighted by molar-refractivity contribution is -0.136. The Bertz CT molecular complexity index is 1650. The van der Waals surface area contributed by atoms with Gasteiger partial charge in [-0.25, -0.2) is 9.59 Å². The molecule has 0 bridgehead atoms. The minimum Gasteiger partial charge on any atom is -0.481 e. The predicted octanol–water partition coefficient (Wildman–Crippen LogP) is 5.58. The van der Waals surface area contributed by atoms with Gasteiger partial charge in [0.25, 0.3) is 0 Å². The summed E-state index contributed by atoms with van der Waals surface area (Å²) in [5.41, 5.74) is 2.43. The molecule has 3 aromatic carbocycles. The molecule has 6 rings (SSSR count). The summed E-state index contributed by atoms with van der Waals surface area (Å²) in [4.78, 5) is 53.7. The molecule has 3 saturated heterocycles. The molecular weight excluding hydrogens is 749 g/mol. The van der Waals surface area contributed by atoms with Crippen LogP contribution in [0, 0.1) is 0 Å². The zero-order valence-electron chi connectivity index (χ0n) is 36.2. The summed E-state index contributed by atoms with van der Waals surface area (Å²) in [5.74, 6) is -0.679. The molecule has 13 heteroatoms. The van der Waals surface area contributed by atoms with Gasteiger partial charge >= 0.3 is 18.2 Å². The number of rotatable bonds is 7. The van der Waals surface area contributed by atoms with E-state index in [2.05, 4.69) is 45.9 Å². The molecule has 0 spiro atoms. The van der Waals surface area contributed by atoms with E-state index < -0.39 is 11.6 Å². The van der Waals surface area contributed by atoms with Gasteiger partial charge in [0.05, 0.1) is 12.8 Å². The highest BCUT2D eigenvalue weighted by molar-refractivity contribution is 5.79. The van der Waals surface area contributed by atoms with Crippen LogP contribution in [-0.2, 0) is 38.3 Å². The molecule has 3 amide bonds. The number of aliphatic carboxylic acids is 1. The summed E-state index contributed by atoms with van der Waals surface area (Å²) in [6.07, 6.45) is 1.20. The lowest BCUT2D eigenvalue weighted by Crippen LogP contribution is -2.51.